The number of alkyl carbamates (subject to hydrolysis) is 1. The molecule has 0 bridgehead atoms. The summed E-state index contributed by atoms with van der Waals surface area (Å²) in [5, 5.41) is 20.3. The summed E-state index contributed by atoms with van der Waals surface area (Å²) in [6.07, 6.45) is 2.15. The zero-order chi connectivity index (χ0) is 32.3. The SMILES string of the molecule is NCCCCC(NC(=O)N[C@H](CCCCNC(=O)OCc1ccccc1)C(=O)NCc1ccccc1-c1ccccc1)C(=O)O. The molecule has 0 spiro atoms. The Balaban J connectivity index is 1.56. The third-order valence-corrected chi connectivity index (χ3v) is 7.13. The number of carboxylic acids is 1. The summed E-state index contributed by atoms with van der Waals surface area (Å²) in [5.41, 5.74) is 9.28. The lowest BCUT2D eigenvalue weighted by Gasteiger charge is -2.21. The molecule has 0 saturated carbocycles. The van der Waals surface area contributed by atoms with Crippen molar-refractivity contribution in [1.82, 2.24) is 21.3 Å². The van der Waals surface area contributed by atoms with Crippen LogP contribution in [0.5, 0.6) is 0 Å². The molecule has 1 unspecified atom stereocenters. The van der Waals surface area contributed by atoms with E-state index in [4.69, 9.17) is 10.5 Å². The molecular weight excluding hydrogens is 574 g/mol. The van der Waals surface area contributed by atoms with E-state index >= 15 is 0 Å². The number of ether oxygens (including phenoxy) is 1. The summed E-state index contributed by atoms with van der Waals surface area (Å²) in [4.78, 5) is 49.9. The first-order chi connectivity index (χ1) is 21.9. The fourth-order valence-corrected chi connectivity index (χ4v) is 4.69. The average molecular weight is 618 g/mol. The molecule has 0 aliphatic rings. The number of aliphatic carboxylic acids is 1. The van der Waals surface area contributed by atoms with Gasteiger partial charge < -0.3 is 36.8 Å². The molecule has 0 aliphatic carbocycles. The summed E-state index contributed by atoms with van der Waals surface area (Å²) in [6, 6.07) is 24.1. The molecule has 11 heteroatoms. The van der Waals surface area contributed by atoms with Gasteiger partial charge in [0.2, 0.25) is 5.91 Å². The van der Waals surface area contributed by atoms with E-state index in [1.165, 1.54) is 0 Å². The zero-order valence-electron chi connectivity index (χ0n) is 25.4. The molecule has 11 nitrogen and oxygen atoms in total. The van der Waals surface area contributed by atoms with Gasteiger partial charge in [0.1, 0.15) is 18.7 Å². The van der Waals surface area contributed by atoms with E-state index in [-0.39, 0.29) is 26.0 Å². The van der Waals surface area contributed by atoms with Gasteiger partial charge >= 0.3 is 18.1 Å². The number of nitrogens with two attached hydrogens (primary N) is 1. The average Bonchev–Trinajstić information content (AvgIpc) is 3.06. The van der Waals surface area contributed by atoms with Crippen molar-refractivity contribution in [2.45, 2.75) is 63.8 Å². The van der Waals surface area contributed by atoms with Crippen molar-refractivity contribution in [3.63, 3.8) is 0 Å². The van der Waals surface area contributed by atoms with Gasteiger partial charge in [-0.15, -0.1) is 0 Å². The van der Waals surface area contributed by atoms with Crippen LogP contribution >= 0.6 is 0 Å². The number of hydrogen-bond donors (Lipinski definition) is 6. The number of nitrogens with one attached hydrogen (secondary N) is 4. The first kappa shape index (κ1) is 34.6. The molecular formula is C34H43N5O6. The Kier molecular flexibility index (Phi) is 14.9. The fraction of sp³-hybridized carbons (Fsp3) is 0.353. The lowest BCUT2D eigenvalue weighted by Crippen LogP contribution is -2.53. The quantitative estimate of drug-likeness (QED) is 0.115. The topological polar surface area (TPSA) is 172 Å². The van der Waals surface area contributed by atoms with Crippen LogP contribution in [0.2, 0.25) is 0 Å². The summed E-state index contributed by atoms with van der Waals surface area (Å²) in [6.45, 7) is 1.13. The summed E-state index contributed by atoms with van der Waals surface area (Å²) in [7, 11) is 0. The van der Waals surface area contributed by atoms with Crippen LogP contribution in [0.4, 0.5) is 9.59 Å². The van der Waals surface area contributed by atoms with Crippen molar-refractivity contribution in [2.24, 2.45) is 5.73 Å². The van der Waals surface area contributed by atoms with E-state index in [1.807, 2.05) is 84.9 Å². The predicted octanol–water partition coefficient (Wildman–Crippen LogP) is 4.32. The molecule has 0 saturated heterocycles. The first-order valence-corrected chi connectivity index (χ1v) is 15.2. The predicted molar refractivity (Wildman–Crippen MR) is 172 cm³/mol. The maximum atomic E-state index is 13.3. The van der Waals surface area contributed by atoms with Gasteiger partial charge in [-0.05, 0) is 67.3 Å². The lowest BCUT2D eigenvalue weighted by atomic mass is 9.99. The Morgan fingerprint density at radius 3 is 2.07 bits per heavy atom. The van der Waals surface area contributed by atoms with Crippen molar-refractivity contribution in [3.8, 4) is 11.1 Å². The lowest BCUT2D eigenvalue weighted by molar-refractivity contribution is -0.139. The van der Waals surface area contributed by atoms with E-state index in [0.717, 1.165) is 22.3 Å². The number of amides is 4. The maximum Gasteiger partial charge on any atom is 0.407 e. The largest absolute Gasteiger partial charge is 0.480 e. The van der Waals surface area contributed by atoms with Gasteiger partial charge in [-0.3, -0.25) is 4.79 Å². The van der Waals surface area contributed by atoms with Crippen molar-refractivity contribution in [3.05, 3.63) is 96.1 Å². The highest BCUT2D eigenvalue weighted by Gasteiger charge is 2.24. The highest BCUT2D eigenvalue weighted by Crippen LogP contribution is 2.23. The second kappa shape index (κ2) is 19.4. The Labute approximate surface area is 263 Å². The zero-order valence-corrected chi connectivity index (χ0v) is 25.4. The second-order valence-electron chi connectivity index (χ2n) is 10.6. The van der Waals surface area contributed by atoms with Gasteiger partial charge in [0.05, 0.1) is 0 Å². The van der Waals surface area contributed by atoms with E-state index in [2.05, 4.69) is 21.3 Å². The maximum absolute atomic E-state index is 13.3. The standard InChI is InChI=1S/C34H43N5O6/c35-21-11-9-20-30(32(41)42)39-33(43)38-29(19-10-12-22-36-34(44)45-24-25-13-3-1-4-14-25)31(40)37-23-27-17-7-8-18-28(27)26-15-5-2-6-16-26/h1-8,13-18,29-30H,9-12,19-24,35H2,(H,36,44)(H,37,40)(H,41,42)(H2,38,39,43)/t29-,30?/m1/s1. The van der Waals surface area contributed by atoms with E-state index in [0.29, 0.717) is 38.8 Å². The van der Waals surface area contributed by atoms with Crippen molar-refractivity contribution < 1.29 is 29.0 Å². The summed E-state index contributed by atoms with van der Waals surface area (Å²) < 4.78 is 5.22. The minimum absolute atomic E-state index is 0.158. The van der Waals surface area contributed by atoms with E-state index in [9.17, 15) is 24.3 Å². The van der Waals surface area contributed by atoms with Gasteiger partial charge in [-0.2, -0.15) is 0 Å². The number of carboxylic acid groups (broad SMARTS) is 1. The van der Waals surface area contributed by atoms with Gasteiger partial charge in [-0.25, -0.2) is 14.4 Å². The number of unbranched alkanes of at least 4 members (excludes halogenated alkanes) is 2. The number of hydrogen-bond acceptors (Lipinski definition) is 6. The molecule has 7 N–H and O–H groups in total. The number of carbonyl (C=O) groups is 4. The van der Waals surface area contributed by atoms with E-state index in [1.54, 1.807) is 0 Å². The minimum Gasteiger partial charge on any atom is -0.480 e. The molecule has 3 aromatic rings. The third kappa shape index (κ3) is 12.7. The molecule has 0 heterocycles. The highest BCUT2D eigenvalue weighted by molar-refractivity contribution is 5.89. The number of benzene rings is 3. The van der Waals surface area contributed by atoms with Crippen LogP contribution in [-0.2, 0) is 27.5 Å². The Hall–Kier alpha value is -4.90. The molecule has 0 radical (unpaired) electrons. The monoisotopic (exact) mass is 617 g/mol. The number of rotatable bonds is 18. The molecule has 45 heavy (non-hydrogen) atoms. The van der Waals surface area contributed by atoms with Crippen LogP contribution in [0.25, 0.3) is 11.1 Å². The molecule has 4 amide bonds. The van der Waals surface area contributed by atoms with Crippen molar-refractivity contribution in [1.29, 1.82) is 0 Å². The van der Waals surface area contributed by atoms with Gasteiger partial charge in [-0.1, -0.05) is 84.9 Å². The van der Waals surface area contributed by atoms with Gasteiger partial charge in [0, 0.05) is 13.1 Å². The van der Waals surface area contributed by atoms with Crippen LogP contribution < -0.4 is 27.0 Å². The highest BCUT2D eigenvalue weighted by atomic mass is 16.5. The minimum atomic E-state index is -1.16. The van der Waals surface area contributed by atoms with Crippen LogP contribution in [0.3, 0.4) is 0 Å². The van der Waals surface area contributed by atoms with E-state index < -0.39 is 36.1 Å². The smallest absolute Gasteiger partial charge is 0.407 e. The van der Waals surface area contributed by atoms with Crippen LogP contribution in [0.1, 0.15) is 49.7 Å². The third-order valence-electron chi connectivity index (χ3n) is 7.13. The van der Waals surface area contributed by atoms with Gasteiger partial charge in [0.25, 0.3) is 0 Å². The van der Waals surface area contributed by atoms with Crippen molar-refractivity contribution >= 4 is 24.0 Å². The molecule has 240 valence electrons. The van der Waals surface area contributed by atoms with Crippen molar-refractivity contribution in [2.75, 3.05) is 13.1 Å². The van der Waals surface area contributed by atoms with Crippen LogP contribution in [0.15, 0.2) is 84.9 Å². The number of carbonyl (C=O) groups excluding carboxylic acids is 3. The second-order valence-corrected chi connectivity index (χ2v) is 10.6. The molecule has 0 aromatic heterocycles. The number of urea groups is 1. The molecule has 3 rings (SSSR count). The van der Waals surface area contributed by atoms with Crippen LogP contribution in [-0.4, -0.2) is 54.3 Å². The summed E-state index contributed by atoms with van der Waals surface area (Å²) >= 11 is 0. The van der Waals surface area contributed by atoms with Crippen LogP contribution in [0, 0.1) is 0 Å². The molecule has 2 atom stereocenters. The molecule has 3 aromatic carbocycles. The summed E-state index contributed by atoms with van der Waals surface area (Å²) in [5.74, 6) is -1.57. The molecule has 0 aliphatic heterocycles. The molecule has 0 fully saturated rings. The Bertz CT molecular complexity index is 1360. The normalized spacial score (nSPS) is 11.9. The van der Waals surface area contributed by atoms with Gasteiger partial charge in [0.15, 0.2) is 0 Å². The fourth-order valence-electron chi connectivity index (χ4n) is 4.69. The first-order valence-electron chi connectivity index (χ1n) is 15.2. The Morgan fingerprint density at radius 2 is 1.36 bits per heavy atom. The Morgan fingerprint density at radius 1 is 0.733 bits per heavy atom.